The second-order valence-corrected chi connectivity index (χ2v) is 5.53. The Morgan fingerprint density at radius 1 is 1.32 bits per heavy atom. The minimum atomic E-state index is -0.459. The average Bonchev–Trinajstić information content (AvgIpc) is 2.89. The summed E-state index contributed by atoms with van der Waals surface area (Å²) in [4.78, 5) is 27.6. The first-order valence-electron chi connectivity index (χ1n) is 7.52. The van der Waals surface area contributed by atoms with Crippen molar-refractivity contribution in [1.29, 1.82) is 0 Å². The molecule has 0 radical (unpaired) electrons. The lowest BCUT2D eigenvalue weighted by Gasteiger charge is -2.08. The molecular formula is C17H17N5O3. The van der Waals surface area contributed by atoms with Crippen LogP contribution in [0.3, 0.4) is 0 Å². The van der Waals surface area contributed by atoms with Crippen LogP contribution < -0.4 is 11.1 Å². The van der Waals surface area contributed by atoms with Crippen LogP contribution >= 0.6 is 0 Å². The van der Waals surface area contributed by atoms with E-state index in [-0.39, 0.29) is 11.9 Å². The van der Waals surface area contributed by atoms with Crippen LogP contribution in [0.5, 0.6) is 0 Å². The van der Waals surface area contributed by atoms with Crippen molar-refractivity contribution < 1.29 is 14.3 Å². The first-order chi connectivity index (χ1) is 11.9. The number of esters is 1. The molecule has 3 N–H and O–H groups in total. The summed E-state index contributed by atoms with van der Waals surface area (Å²) in [5.74, 6) is -0.560. The molecule has 0 aliphatic carbocycles. The van der Waals surface area contributed by atoms with Crippen LogP contribution in [0.25, 0.3) is 16.8 Å². The monoisotopic (exact) mass is 339 g/mol. The Hall–Kier alpha value is -3.42. The number of carbonyl (C=O) groups excluding carboxylic acids is 2. The molecule has 3 rings (SSSR count). The smallest absolute Gasteiger partial charge is 0.339 e. The number of aromatic nitrogens is 3. The van der Waals surface area contributed by atoms with Crippen LogP contribution in [-0.4, -0.2) is 33.6 Å². The van der Waals surface area contributed by atoms with Gasteiger partial charge in [0.1, 0.15) is 5.69 Å². The highest BCUT2D eigenvalue weighted by Gasteiger charge is 2.20. The predicted molar refractivity (Wildman–Crippen MR) is 93.2 cm³/mol. The number of carbonyl (C=O) groups is 2. The minimum Gasteiger partial charge on any atom is -0.465 e. The van der Waals surface area contributed by atoms with Gasteiger partial charge < -0.3 is 15.8 Å². The van der Waals surface area contributed by atoms with E-state index in [9.17, 15) is 9.59 Å². The number of amides is 1. The highest BCUT2D eigenvalue weighted by Crippen LogP contribution is 2.30. The number of nitrogen functional groups attached to an aromatic ring is 1. The second-order valence-electron chi connectivity index (χ2n) is 5.53. The van der Waals surface area contributed by atoms with Crippen LogP contribution in [0.15, 0.2) is 30.5 Å². The minimum absolute atomic E-state index is 0.0684. The van der Waals surface area contributed by atoms with Crippen molar-refractivity contribution >= 4 is 29.0 Å². The zero-order chi connectivity index (χ0) is 18.1. The van der Waals surface area contributed by atoms with Crippen LogP contribution in [0.1, 0.15) is 22.8 Å². The third-order valence-electron chi connectivity index (χ3n) is 3.76. The van der Waals surface area contributed by atoms with Gasteiger partial charge in [0.15, 0.2) is 0 Å². The van der Waals surface area contributed by atoms with E-state index in [1.54, 1.807) is 31.3 Å². The van der Waals surface area contributed by atoms with Gasteiger partial charge in [-0.3, -0.25) is 4.79 Å². The van der Waals surface area contributed by atoms with Gasteiger partial charge >= 0.3 is 5.97 Å². The van der Waals surface area contributed by atoms with Crippen LogP contribution in [0.2, 0.25) is 0 Å². The van der Waals surface area contributed by atoms with Gasteiger partial charge in [-0.05, 0) is 24.6 Å². The van der Waals surface area contributed by atoms with Gasteiger partial charge in [0.2, 0.25) is 11.9 Å². The maximum Gasteiger partial charge on any atom is 0.339 e. The van der Waals surface area contributed by atoms with E-state index in [2.05, 4.69) is 15.4 Å². The summed E-state index contributed by atoms with van der Waals surface area (Å²) in [6, 6.07) is 7.21. The van der Waals surface area contributed by atoms with Crippen molar-refractivity contribution in [1.82, 2.24) is 14.6 Å². The molecule has 128 valence electrons. The molecule has 8 nitrogen and oxygen atoms in total. The Kier molecular flexibility index (Phi) is 4.10. The summed E-state index contributed by atoms with van der Waals surface area (Å²) < 4.78 is 6.32. The molecule has 25 heavy (non-hydrogen) atoms. The molecule has 2 aromatic heterocycles. The molecule has 3 aromatic rings. The maximum absolute atomic E-state index is 11.9. The van der Waals surface area contributed by atoms with E-state index in [0.717, 1.165) is 5.56 Å². The molecule has 0 aliphatic rings. The molecule has 0 aliphatic heterocycles. The van der Waals surface area contributed by atoms with Gasteiger partial charge in [-0.2, -0.15) is 0 Å². The van der Waals surface area contributed by atoms with E-state index in [1.807, 2.05) is 6.07 Å². The van der Waals surface area contributed by atoms with Crippen LogP contribution in [0, 0.1) is 6.92 Å². The summed E-state index contributed by atoms with van der Waals surface area (Å²) in [6.45, 7) is 3.23. The van der Waals surface area contributed by atoms with E-state index in [0.29, 0.717) is 28.0 Å². The summed E-state index contributed by atoms with van der Waals surface area (Å²) in [7, 11) is 1.32. The number of nitrogens with one attached hydrogen (secondary N) is 1. The topological polar surface area (TPSA) is 112 Å². The van der Waals surface area contributed by atoms with Crippen molar-refractivity contribution in [3.8, 4) is 11.3 Å². The van der Waals surface area contributed by atoms with E-state index in [4.69, 9.17) is 10.5 Å². The predicted octanol–water partition coefficient (Wildman–Crippen LogP) is 2.03. The summed E-state index contributed by atoms with van der Waals surface area (Å²) in [5, 5.41) is 6.87. The third kappa shape index (κ3) is 3.01. The Bertz CT molecular complexity index is 993. The quantitative estimate of drug-likeness (QED) is 0.706. The lowest BCUT2D eigenvalue weighted by molar-refractivity contribution is -0.114. The standard InChI is InChI=1S/C17H17N5O3/c1-9-13(16(24)25-3)8-22-15(9)14(20-17(18)21-22)11-5-4-6-12(7-11)19-10(2)23/h4-8H,1-3H3,(H2,18,21)(H,19,23). The molecule has 0 spiro atoms. The number of hydrogen-bond donors (Lipinski definition) is 2. The molecule has 8 heteroatoms. The van der Waals surface area contributed by atoms with Crippen LogP contribution in [0.4, 0.5) is 11.6 Å². The average molecular weight is 339 g/mol. The van der Waals surface area contributed by atoms with Crippen molar-refractivity contribution in [3.05, 3.63) is 41.6 Å². The Labute approximate surface area is 143 Å². The number of nitrogens with zero attached hydrogens (tertiary/aromatic N) is 3. The summed E-state index contributed by atoms with van der Waals surface area (Å²) in [6.07, 6.45) is 1.57. The maximum atomic E-state index is 11.9. The third-order valence-corrected chi connectivity index (χ3v) is 3.76. The normalized spacial score (nSPS) is 10.7. The van der Waals surface area contributed by atoms with Gasteiger partial charge in [-0.25, -0.2) is 14.3 Å². The van der Waals surface area contributed by atoms with Crippen LogP contribution in [-0.2, 0) is 9.53 Å². The van der Waals surface area contributed by atoms with E-state index < -0.39 is 5.97 Å². The van der Waals surface area contributed by atoms with Crippen molar-refractivity contribution in [3.63, 3.8) is 0 Å². The number of nitrogens with two attached hydrogens (primary N) is 1. The molecule has 0 unspecified atom stereocenters. The Balaban J connectivity index is 2.24. The number of fused-ring (bicyclic) bond motifs is 1. The number of rotatable bonds is 3. The summed E-state index contributed by atoms with van der Waals surface area (Å²) in [5.41, 5.74) is 9.48. The number of aryl methyl sites for hydroxylation is 1. The van der Waals surface area contributed by atoms with Gasteiger partial charge in [0.25, 0.3) is 0 Å². The molecule has 0 saturated heterocycles. The summed E-state index contributed by atoms with van der Waals surface area (Å²) >= 11 is 0. The zero-order valence-electron chi connectivity index (χ0n) is 14.0. The fraction of sp³-hybridized carbons (Fsp3) is 0.176. The Morgan fingerprint density at radius 2 is 2.08 bits per heavy atom. The molecule has 0 saturated carbocycles. The molecule has 1 amide bonds. The molecule has 0 fully saturated rings. The highest BCUT2D eigenvalue weighted by molar-refractivity contribution is 5.96. The van der Waals surface area contributed by atoms with Gasteiger partial charge in [-0.15, -0.1) is 5.10 Å². The van der Waals surface area contributed by atoms with Crippen molar-refractivity contribution in [2.24, 2.45) is 0 Å². The molecular weight excluding hydrogens is 322 g/mol. The van der Waals surface area contributed by atoms with Crippen molar-refractivity contribution in [2.45, 2.75) is 13.8 Å². The molecule has 2 heterocycles. The second kappa shape index (κ2) is 6.23. The van der Waals surface area contributed by atoms with Gasteiger partial charge in [-0.1, -0.05) is 12.1 Å². The van der Waals surface area contributed by atoms with Crippen molar-refractivity contribution in [2.75, 3.05) is 18.2 Å². The fourth-order valence-corrected chi connectivity index (χ4v) is 2.71. The van der Waals surface area contributed by atoms with E-state index >= 15 is 0 Å². The van der Waals surface area contributed by atoms with E-state index in [1.165, 1.54) is 18.5 Å². The first kappa shape index (κ1) is 16.4. The SMILES string of the molecule is COC(=O)c1cn2nc(N)nc(-c3cccc(NC(C)=O)c3)c2c1C. The molecule has 1 aromatic carbocycles. The fourth-order valence-electron chi connectivity index (χ4n) is 2.71. The molecule has 0 bridgehead atoms. The zero-order valence-corrected chi connectivity index (χ0v) is 14.0. The lowest BCUT2D eigenvalue weighted by atomic mass is 10.1. The number of methoxy groups -OCH3 is 1. The number of benzene rings is 1. The first-order valence-corrected chi connectivity index (χ1v) is 7.52. The molecule has 0 atom stereocenters. The van der Waals surface area contributed by atoms with Gasteiger partial charge in [0.05, 0.1) is 18.2 Å². The largest absolute Gasteiger partial charge is 0.465 e. The Morgan fingerprint density at radius 3 is 2.76 bits per heavy atom. The lowest BCUT2D eigenvalue weighted by Crippen LogP contribution is -2.06. The van der Waals surface area contributed by atoms with Gasteiger partial charge in [0, 0.05) is 24.4 Å². The number of anilines is 2. The number of ether oxygens (including phenoxy) is 1. The number of hydrogen-bond acceptors (Lipinski definition) is 6. The highest BCUT2D eigenvalue weighted by atomic mass is 16.5.